The molecule has 5 nitrogen and oxygen atoms in total. The molecule has 0 bridgehead atoms. The monoisotopic (exact) mass is 413 g/mol. The van der Waals surface area contributed by atoms with Crippen molar-refractivity contribution in [1.29, 1.82) is 0 Å². The first-order valence-corrected chi connectivity index (χ1v) is 9.52. The molecule has 0 radical (unpaired) electrons. The first-order valence-electron chi connectivity index (χ1n) is 9.52. The Morgan fingerprint density at radius 2 is 1.66 bits per heavy atom. The molecule has 0 atom stereocenters. The van der Waals surface area contributed by atoms with Gasteiger partial charge < -0.3 is 18.9 Å². The lowest BCUT2D eigenvalue weighted by molar-refractivity contribution is -0.142. The highest BCUT2D eigenvalue weighted by atomic mass is 19.4. The lowest BCUT2D eigenvalue weighted by Crippen LogP contribution is -2.51. The van der Waals surface area contributed by atoms with Crippen LogP contribution in [0.4, 0.5) is 13.2 Å². The van der Waals surface area contributed by atoms with E-state index in [9.17, 15) is 18.0 Å². The van der Waals surface area contributed by atoms with Gasteiger partial charge in [0.05, 0.1) is 23.9 Å². The van der Waals surface area contributed by atoms with E-state index in [-0.39, 0.29) is 17.9 Å². The van der Waals surface area contributed by atoms with E-state index in [0.29, 0.717) is 11.0 Å². The van der Waals surface area contributed by atoms with Crippen LogP contribution in [0.5, 0.6) is 5.75 Å². The van der Waals surface area contributed by atoms with Gasteiger partial charge in [-0.1, -0.05) is 19.9 Å². The van der Waals surface area contributed by atoms with Gasteiger partial charge in [-0.25, -0.2) is 0 Å². The molecule has 3 rings (SSSR count). The summed E-state index contributed by atoms with van der Waals surface area (Å²) in [7, 11) is 0.727. The number of halogens is 3. The molecular weight excluding hydrogens is 386 g/mol. The number of amides is 1. The fraction of sp³-hybridized carbons (Fsp3) is 0.650. The largest absolute Gasteiger partial charge is 0.496 e. The Bertz CT molecular complexity index is 820. The number of hydrogen-bond acceptors (Lipinski definition) is 4. The lowest BCUT2D eigenvalue weighted by Gasteiger charge is -2.40. The number of nitrogens with zero attached hydrogens (tertiary/aromatic N) is 1. The normalized spacial score (nSPS) is 22.6. The highest BCUT2D eigenvalue weighted by Crippen LogP contribution is 2.40. The maximum absolute atomic E-state index is 13.0. The zero-order chi connectivity index (χ0) is 22.0. The second-order valence-electron chi connectivity index (χ2n) is 9.39. The Morgan fingerprint density at radius 3 is 2.14 bits per heavy atom. The summed E-state index contributed by atoms with van der Waals surface area (Å²) in [5.74, 6) is -0.467. The Kier molecular flexibility index (Phi) is 5.03. The van der Waals surface area contributed by atoms with Crippen molar-refractivity contribution in [1.82, 2.24) is 4.90 Å². The fourth-order valence-corrected chi connectivity index (χ4v) is 3.80. The molecule has 2 aliphatic heterocycles. The predicted molar refractivity (Wildman–Crippen MR) is 104 cm³/mol. The fourth-order valence-electron chi connectivity index (χ4n) is 3.80. The molecule has 1 saturated heterocycles. The molecule has 0 saturated carbocycles. The maximum atomic E-state index is 13.0. The summed E-state index contributed by atoms with van der Waals surface area (Å²) in [4.78, 5) is 13.7. The number of benzene rings is 1. The van der Waals surface area contributed by atoms with E-state index < -0.39 is 42.4 Å². The van der Waals surface area contributed by atoms with Crippen LogP contribution in [0.25, 0.3) is 0 Å². The minimum Gasteiger partial charge on any atom is -0.496 e. The van der Waals surface area contributed by atoms with Gasteiger partial charge >= 0.3 is 13.3 Å². The Hall–Kier alpha value is -1.74. The summed E-state index contributed by atoms with van der Waals surface area (Å²) in [6.45, 7) is 10.0. The number of carbonyl (C=O) groups excluding carboxylic acids is 1. The van der Waals surface area contributed by atoms with Gasteiger partial charge in [-0.2, -0.15) is 13.2 Å². The van der Waals surface area contributed by atoms with Crippen molar-refractivity contribution in [3.05, 3.63) is 23.3 Å². The molecule has 1 aromatic carbocycles. The molecular formula is C20H27BF3NO4. The molecule has 1 fully saturated rings. The number of rotatable bonds is 3. The molecule has 0 aliphatic carbocycles. The van der Waals surface area contributed by atoms with Gasteiger partial charge in [0.25, 0.3) is 5.91 Å². The van der Waals surface area contributed by atoms with Gasteiger partial charge in [0.15, 0.2) is 0 Å². The van der Waals surface area contributed by atoms with Crippen molar-refractivity contribution >= 4 is 18.5 Å². The number of carbonyl (C=O) groups is 1. The van der Waals surface area contributed by atoms with E-state index >= 15 is 0 Å². The lowest BCUT2D eigenvalue weighted by atomic mass is 9.71. The Morgan fingerprint density at radius 1 is 1.10 bits per heavy atom. The SMILES string of the molecule is COc1cc(B2OC(C)(C)C(C)(C)O2)cc2c1C(=O)N(CC(F)(F)F)CC2(C)C. The molecule has 0 unspecified atom stereocenters. The summed E-state index contributed by atoms with van der Waals surface area (Å²) in [6.07, 6.45) is -4.47. The van der Waals surface area contributed by atoms with Crippen LogP contribution in [0.1, 0.15) is 57.5 Å². The highest BCUT2D eigenvalue weighted by molar-refractivity contribution is 6.62. The van der Waals surface area contributed by atoms with Crippen LogP contribution >= 0.6 is 0 Å². The average Bonchev–Trinajstić information content (AvgIpc) is 2.77. The van der Waals surface area contributed by atoms with Gasteiger partial charge in [0.1, 0.15) is 12.3 Å². The van der Waals surface area contributed by atoms with Crippen LogP contribution in [-0.2, 0) is 14.7 Å². The summed E-state index contributed by atoms with van der Waals surface area (Å²) in [6, 6.07) is 3.41. The molecule has 0 spiro atoms. The molecule has 160 valence electrons. The van der Waals surface area contributed by atoms with Crippen molar-refractivity contribution in [2.75, 3.05) is 20.2 Å². The Balaban J connectivity index is 2.07. The average molecular weight is 413 g/mol. The van der Waals surface area contributed by atoms with Crippen LogP contribution in [0.15, 0.2) is 12.1 Å². The van der Waals surface area contributed by atoms with Gasteiger partial charge in [-0.15, -0.1) is 0 Å². The smallest absolute Gasteiger partial charge is 0.494 e. The minimum atomic E-state index is -4.47. The van der Waals surface area contributed by atoms with Crippen molar-refractivity contribution in [3.8, 4) is 5.75 Å². The number of hydrogen-bond donors (Lipinski definition) is 0. The van der Waals surface area contributed by atoms with Crippen LogP contribution in [0.2, 0.25) is 0 Å². The number of alkyl halides is 3. The third-order valence-electron chi connectivity index (χ3n) is 6.06. The number of methoxy groups -OCH3 is 1. The molecule has 2 heterocycles. The van der Waals surface area contributed by atoms with E-state index in [4.69, 9.17) is 14.0 Å². The molecule has 9 heteroatoms. The molecule has 2 aliphatic rings. The van der Waals surface area contributed by atoms with Crippen molar-refractivity contribution in [2.24, 2.45) is 0 Å². The van der Waals surface area contributed by atoms with Crippen molar-refractivity contribution in [3.63, 3.8) is 0 Å². The topological polar surface area (TPSA) is 48.0 Å². The van der Waals surface area contributed by atoms with Crippen LogP contribution in [0, 0.1) is 0 Å². The summed E-state index contributed by atoms with van der Waals surface area (Å²) >= 11 is 0. The van der Waals surface area contributed by atoms with Crippen molar-refractivity contribution in [2.45, 2.75) is 64.3 Å². The molecule has 29 heavy (non-hydrogen) atoms. The molecule has 1 aromatic rings. The van der Waals surface area contributed by atoms with Gasteiger partial charge in [0.2, 0.25) is 0 Å². The zero-order valence-electron chi connectivity index (χ0n) is 17.9. The summed E-state index contributed by atoms with van der Waals surface area (Å²) in [5.41, 5.74) is -0.338. The number of ether oxygens (including phenoxy) is 1. The van der Waals surface area contributed by atoms with Gasteiger partial charge in [-0.05, 0) is 44.8 Å². The van der Waals surface area contributed by atoms with Gasteiger partial charge in [-0.3, -0.25) is 4.79 Å². The minimum absolute atomic E-state index is 0.0473. The Labute approximate surface area is 169 Å². The van der Waals surface area contributed by atoms with Gasteiger partial charge in [0, 0.05) is 12.0 Å². The highest BCUT2D eigenvalue weighted by Gasteiger charge is 2.52. The van der Waals surface area contributed by atoms with E-state index in [0.717, 1.165) is 4.90 Å². The quantitative estimate of drug-likeness (QED) is 0.714. The predicted octanol–water partition coefficient (Wildman–Crippen LogP) is 3.29. The van der Waals surface area contributed by atoms with E-state index in [1.807, 2.05) is 41.5 Å². The zero-order valence-corrected chi connectivity index (χ0v) is 17.9. The first-order chi connectivity index (χ1) is 13.1. The third kappa shape index (κ3) is 3.86. The van der Waals surface area contributed by atoms with Crippen LogP contribution in [0.3, 0.4) is 0 Å². The standard InChI is InChI=1S/C20H27BF3NO4/c1-17(2)10-25(11-20(22,23)24)16(26)15-13(17)8-12(9-14(15)27-7)21-28-18(3,4)19(5,6)29-21/h8-9H,10-11H2,1-7H3. The maximum Gasteiger partial charge on any atom is 0.494 e. The van der Waals surface area contributed by atoms with Crippen LogP contribution < -0.4 is 10.2 Å². The summed E-state index contributed by atoms with van der Waals surface area (Å²) < 4.78 is 56.6. The van der Waals surface area contributed by atoms with E-state index in [1.54, 1.807) is 12.1 Å². The third-order valence-corrected chi connectivity index (χ3v) is 6.06. The second-order valence-corrected chi connectivity index (χ2v) is 9.39. The van der Waals surface area contributed by atoms with Crippen LogP contribution in [-0.4, -0.2) is 55.5 Å². The van der Waals surface area contributed by atoms with Crippen molar-refractivity contribution < 1.29 is 32.0 Å². The van der Waals surface area contributed by atoms with E-state index in [2.05, 4.69) is 0 Å². The molecule has 1 amide bonds. The molecule has 0 aromatic heterocycles. The second kappa shape index (κ2) is 6.64. The van der Waals surface area contributed by atoms with E-state index in [1.165, 1.54) is 7.11 Å². The first kappa shape index (κ1) is 22.0. The summed E-state index contributed by atoms with van der Waals surface area (Å²) in [5, 5.41) is 0. The molecule has 0 N–H and O–H groups in total. The number of fused-ring (bicyclic) bond motifs is 1.